The van der Waals surface area contributed by atoms with Crippen LogP contribution in [0.3, 0.4) is 0 Å². The van der Waals surface area contributed by atoms with Crippen molar-refractivity contribution in [1.29, 1.82) is 0 Å². The predicted octanol–water partition coefficient (Wildman–Crippen LogP) is 3.82. The van der Waals surface area contributed by atoms with Crippen LogP contribution in [0.25, 0.3) is 5.57 Å². The molecule has 2 aromatic rings. The van der Waals surface area contributed by atoms with Crippen LogP contribution in [0.4, 0.5) is 0 Å². The molecule has 1 N–H and O–H groups in total. The number of fused-ring (bicyclic) bond motifs is 1. The van der Waals surface area contributed by atoms with E-state index in [1.807, 2.05) is 23.6 Å². The van der Waals surface area contributed by atoms with Crippen LogP contribution in [0.2, 0.25) is 0 Å². The first kappa shape index (κ1) is 12.5. The second-order valence-corrected chi connectivity index (χ2v) is 5.62. The highest BCUT2D eigenvalue weighted by Gasteiger charge is 2.21. The third kappa shape index (κ3) is 2.31. The van der Waals surface area contributed by atoms with Gasteiger partial charge < -0.3 is 9.84 Å². The summed E-state index contributed by atoms with van der Waals surface area (Å²) in [5.41, 5.74) is 3.42. The van der Waals surface area contributed by atoms with Gasteiger partial charge in [0.05, 0.1) is 7.11 Å². The van der Waals surface area contributed by atoms with E-state index < -0.39 is 6.10 Å². The Balaban J connectivity index is 1.99. The Hall–Kier alpha value is -1.58. The molecular formula is C16H16O2S. The molecule has 1 atom stereocenters. The van der Waals surface area contributed by atoms with E-state index in [-0.39, 0.29) is 0 Å². The van der Waals surface area contributed by atoms with Gasteiger partial charge in [-0.25, -0.2) is 0 Å². The molecule has 0 saturated carbocycles. The highest BCUT2D eigenvalue weighted by atomic mass is 32.1. The number of aryl methyl sites for hydroxylation is 1. The molecule has 1 unspecified atom stereocenters. The number of benzene rings is 1. The molecule has 1 heterocycles. The van der Waals surface area contributed by atoms with E-state index in [2.05, 4.69) is 18.2 Å². The molecule has 0 bridgehead atoms. The molecule has 1 aromatic heterocycles. The highest BCUT2D eigenvalue weighted by Crippen LogP contribution is 2.38. The fourth-order valence-corrected chi connectivity index (χ4v) is 3.26. The van der Waals surface area contributed by atoms with E-state index in [9.17, 15) is 5.11 Å². The predicted molar refractivity (Wildman–Crippen MR) is 78.6 cm³/mol. The third-order valence-corrected chi connectivity index (χ3v) is 4.43. The smallest absolute Gasteiger partial charge is 0.119 e. The molecule has 0 aliphatic heterocycles. The molecule has 19 heavy (non-hydrogen) atoms. The molecule has 98 valence electrons. The first-order valence-electron chi connectivity index (χ1n) is 6.38. The molecule has 3 heteroatoms. The Morgan fingerprint density at radius 1 is 1.32 bits per heavy atom. The zero-order valence-electron chi connectivity index (χ0n) is 10.8. The van der Waals surface area contributed by atoms with Crippen molar-refractivity contribution in [2.75, 3.05) is 7.11 Å². The summed E-state index contributed by atoms with van der Waals surface area (Å²) in [4.78, 5) is 0.995. The van der Waals surface area contributed by atoms with Gasteiger partial charge in [-0.1, -0.05) is 18.2 Å². The minimum Gasteiger partial charge on any atom is -0.497 e. The normalized spacial score (nSPS) is 15.6. The van der Waals surface area contributed by atoms with Gasteiger partial charge in [0.15, 0.2) is 0 Å². The van der Waals surface area contributed by atoms with Crippen molar-refractivity contribution in [3.63, 3.8) is 0 Å². The molecule has 0 saturated heterocycles. The molecule has 1 aliphatic carbocycles. The van der Waals surface area contributed by atoms with Crippen LogP contribution in [0.1, 0.15) is 28.5 Å². The van der Waals surface area contributed by atoms with Crippen molar-refractivity contribution in [1.82, 2.24) is 0 Å². The van der Waals surface area contributed by atoms with Crippen LogP contribution < -0.4 is 4.74 Å². The maximum Gasteiger partial charge on any atom is 0.119 e. The number of aliphatic hydroxyl groups is 1. The minimum atomic E-state index is -0.521. The summed E-state index contributed by atoms with van der Waals surface area (Å²) in [6.45, 7) is 0. The maximum absolute atomic E-state index is 10.5. The standard InChI is InChI=1S/C16H16O2S/c1-18-12-7-8-13-11(10-12)4-2-5-14(13)16(17)15-6-3-9-19-15/h3,5-10,16-17H,2,4H2,1H3. The number of methoxy groups -OCH3 is 1. The third-order valence-electron chi connectivity index (χ3n) is 3.51. The Morgan fingerprint density at radius 3 is 2.95 bits per heavy atom. The van der Waals surface area contributed by atoms with Crippen LogP contribution in [0, 0.1) is 0 Å². The molecular weight excluding hydrogens is 256 g/mol. The summed E-state index contributed by atoms with van der Waals surface area (Å²) < 4.78 is 5.27. The van der Waals surface area contributed by atoms with Crippen molar-refractivity contribution in [2.24, 2.45) is 0 Å². The number of aliphatic hydroxyl groups excluding tert-OH is 1. The molecule has 2 nitrogen and oxygen atoms in total. The van der Waals surface area contributed by atoms with Gasteiger partial charge in [-0.15, -0.1) is 11.3 Å². The lowest BCUT2D eigenvalue weighted by atomic mass is 9.87. The lowest BCUT2D eigenvalue weighted by Crippen LogP contribution is -2.06. The van der Waals surface area contributed by atoms with Gasteiger partial charge in [0, 0.05) is 4.88 Å². The van der Waals surface area contributed by atoms with Crippen molar-refractivity contribution in [2.45, 2.75) is 18.9 Å². The zero-order valence-corrected chi connectivity index (χ0v) is 11.6. The van der Waals surface area contributed by atoms with Gasteiger partial charge in [-0.05, 0) is 53.1 Å². The van der Waals surface area contributed by atoms with Gasteiger partial charge in [0.2, 0.25) is 0 Å². The Labute approximate surface area is 117 Å². The first-order chi connectivity index (χ1) is 9.29. The Morgan fingerprint density at radius 2 is 2.21 bits per heavy atom. The monoisotopic (exact) mass is 272 g/mol. The molecule has 0 radical (unpaired) electrons. The first-order valence-corrected chi connectivity index (χ1v) is 7.26. The van der Waals surface area contributed by atoms with Gasteiger partial charge in [0.1, 0.15) is 11.9 Å². The lowest BCUT2D eigenvalue weighted by molar-refractivity contribution is 0.241. The SMILES string of the molecule is COc1ccc2c(c1)CCC=C2C(O)c1cccs1. The van der Waals surface area contributed by atoms with Crippen molar-refractivity contribution >= 4 is 16.9 Å². The van der Waals surface area contributed by atoms with Crippen LogP contribution in [0.5, 0.6) is 5.75 Å². The second kappa shape index (κ2) is 5.19. The molecule has 0 spiro atoms. The Kier molecular flexibility index (Phi) is 3.40. The number of allylic oxidation sites excluding steroid dienone is 1. The van der Waals surface area contributed by atoms with Crippen LogP contribution in [-0.4, -0.2) is 12.2 Å². The summed E-state index contributed by atoms with van der Waals surface area (Å²) >= 11 is 1.59. The average Bonchev–Trinajstić information content (AvgIpc) is 2.99. The minimum absolute atomic E-state index is 0.521. The fourth-order valence-electron chi connectivity index (χ4n) is 2.54. The van der Waals surface area contributed by atoms with Crippen molar-refractivity contribution in [3.05, 3.63) is 57.8 Å². The van der Waals surface area contributed by atoms with Crippen LogP contribution >= 0.6 is 11.3 Å². The Bertz CT molecular complexity index is 599. The van der Waals surface area contributed by atoms with E-state index in [0.717, 1.165) is 34.6 Å². The molecule has 1 aromatic carbocycles. The number of hydrogen-bond acceptors (Lipinski definition) is 3. The molecule has 1 aliphatic rings. The molecule has 0 amide bonds. The zero-order chi connectivity index (χ0) is 13.2. The summed E-state index contributed by atoms with van der Waals surface area (Å²) in [6.07, 6.45) is 3.61. The molecule has 0 fully saturated rings. The van der Waals surface area contributed by atoms with Crippen LogP contribution in [0.15, 0.2) is 41.8 Å². The van der Waals surface area contributed by atoms with Gasteiger partial charge in [-0.2, -0.15) is 0 Å². The molecule has 3 rings (SSSR count). The number of hydrogen-bond donors (Lipinski definition) is 1. The van der Waals surface area contributed by atoms with Gasteiger partial charge in [0.25, 0.3) is 0 Å². The van der Waals surface area contributed by atoms with E-state index in [1.165, 1.54) is 5.56 Å². The number of thiophene rings is 1. The summed E-state index contributed by atoms with van der Waals surface area (Å²) in [7, 11) is 1.68. The van der Waals surface area contributed by atoms with Gasteiger partial charge in [-0.3, -0.25) is 0 Å². The quantitative estimate of drug-likeness (QED) is 0.920. The summed E-state index contributed by atoms with van der Waals surface area (Å²) in [6, 6.07) is 10.0. The average molecular weight is 272 g/mol. The largest absolute Gasteiger partial charge is 0.497 e. The fraction of sp³-hybridized carbons (Fsp3) is 0.250. The van der Waals surface area contributed by atoms with Crippen molar-refractivity contribution < 1.29 is 9.84 Å². The van der Waals surface area contributed by atoms with E-state index in [0.29, 0.717) is 0 Å². The highest BCUT2D eigenvalue weighted by molar-refractivity contribution is 7.10. The number of rotatable bonds is 3. The van der Waals surface area contributed by atoms with E-state index >= 15 is 0 Å². The number of ether oxygens (including phenoxy) is 1. The maximum atomic E-state index is 10.5. The second-order valence-electron chi connectivity index (χ2n) is 4.64. The van der Waals surface area contributed by atoms with Gasteiger partial charge >= 0.3 is 0 Å². The topological polar surface area (TPSA) is 29.5 Å². The van der Waals surface area contributed by atoms with E-state index in [4.69, 9.17) is 4.74 Å². The van der Waals surface area contributed by atoms with Crippen molar-refractivity contribution in [3.8, 4) is 5.75 Å². The summed E-state index contributed by atoms with van der Waals surface area (Å²) in [5, 5.41) is 12.5. The van der Waals surface area contributed by atoms with E-state index in [1.54, 1.807) is 18.4 Å². The summed E-state index contributed by atoms with van der Waals surface area (Å²) in [5.74, 6) is 0.880. The lowest BCUT2D eigenvalue weighted by Gasteiger charge is -2.22. The van der Waals surface area contributed by atoms with Crippen LogP contribution in [-0.2, 0) is 6.42 Å².